The van der Waals surface area contributed by atoms with Crippen LogP contribution in [0.5, 0.6) is 0 Å². The van der Waals surface area contributed by atoms with Crippen molar-refractivity contribution in [2.75, 3.05) is 13.2 Å². The Bertz CT molecular complexity index is 120. The Morgan fingerprint density at radius 2 is 2.56 bits per heavy atom. The summed E-state index contributed by atoms with van der Waals surface area (Å²) in [6.07, 6.45) is 2.72. The summed E-state index contributed by atoms with van der Waals surface area (Å²) in [4.78, 5) is 2.46. The highest BCUT2D eigenvalue weighted by atomic mass is 16.5. The lowest BCUT2D eigenvalue weighted by Crippen LogP contribution is -2.33. The lowest BCUT2D eigenvalue weighted by molar-refractivity contribution is 0.332. The molecule has 1 unspecified atom stereocenters. The Balaban J connectivity index is 2.07. The summed E-state index contributed by atoms with van der Waals surface area (Å²) < 4.78 is 5.45. The van der Waals surface area contributed by atoms with E-state index in [4.69, 9.17) is 4.65 Å². The fourth-order valence-corrected chi connectivity index (χ4v) is 1.86. The van der Waals surface area contributed by atoms with Crippen LogP contribution >= 0.6 is 0 Å². The topological polar surface area (TPSA) is 12.5 Å². The third-order valence-corrected chi connectivity index (χ3v) is 2.42. The van der Waals surface area contributed by atoms with E-state index < -0.39 is 0 Å². The van der Waals surface area contributed by atoms with E-state index in [1.165, 1.54) is 19.4 Å². The normalized spacial score (nSPS) is 35.7. The molecule has 9 heavy (non-hydrogen) atoms. The third-order valence-electron chi connectivity index (χ3n) is 2.42. The van der Waals surface area contributed by atoms with Gasteiger partial charge in [-0.05, 0) is 26.2 Å². The second-order valence-corrected chi connectivity index (χ2v) is 2.97. The van der Waals surface area contributed by atoms with Gasteiger partial charge in [0.1, 0.15) is 0 Å². The molecule has 2 aliphatic heterocycles. The molecule has 0 radical (unpaired) electrons. The zero-order valence-corrected chi connectivity index (χ0v) is 5.84. The van der Waals surface area contributed by atoms with Crippen molar-refractivity contribution in [3.8, 4) is 0 Å². The molecule has 2 saturated heterocycles. The van der Waals surface area contributed by atoms with Crippen LogP contribution in [0.4, 0.5) is 0 Å². The zero-order valence-electron chi connectivity index (χ0n) is 5.84. The summed E-state index contributed by atoms with van der Waals surface area (Å²) in [5.41, 5.74) is 0. The summed E-state index contributed by atoms with van der Waals surface area (Å²) in [5.74, 6) is 0. The Labute approximate surface area is 56.3 Å². The van der Waals surface area contributed by atoms with Crippen LogP contribution in [0, 0.1) is 0 Å². The minimum atomic E-state index is 0.400. The number of hydrogen-bond donors (Lipinski definition) is 0. The molecule has 2 heterocycles. The van der Waals surface area contributed by atoms with Gasteiger partial charge < -0.3 is 9.47 Å². The molecule has 0 aromatic carbocycles. The Kier molecular flexibility index (Phi) is 1.27. The van der Waals surface area contributed by atoms with Gasteiger partial charge in [-0.3, -0.25) is 0 Å². The molecule has 0 aromatic heterocycles. The van der Waals surface area contributed by atoms with Crippen LogP contribution in [0.1, 0.15) is 12.8 Å². The second-order valence-electron chi connectivity index (χ2n) is 2.97. The van der Waals surface area contributed by atoms with Crippen molar-refractivity contribution in [2.45, 2.75) is 25.7 Å². The van der Waals surface area contributed by atoms with Crippen molar-refractivity contribution in [3.63, 3.8) is 0 Å². The van der Waals surface area contributed by atoms with Gasteiger partial charge in [-0.1, -0.05) is 0 Å². The van der Waals surface area contributed by atoms with Crippen LogP contribution in [0.25, 0.3) is 0 Å². The molecule has 0 N–H and O–H groups in total. The van der Waals surface area contributed by atoms with Crippen LogP contribution in [-0.4, -0.2) is 31.1 Å². The van der Waals surface area contributed by atoms with Gasteiger partial charge in [-0.15, -0.1) is 0 Å². The van der Waals surface area contributed by atoms with Gasteiger partial charge in [0.2, 0.25) is 0 Å². The number of rotatable bonds is 0. The van der Waals surface area contributed by atoms with Gasteiger partial charge in [0.05, 0.1) is 0 Å². The van der Waals surface area contributed by atoms with Crippen LogP contribution in [0.15, 0.2) is 0 Å². The highest BCUT2D eigenvalue weighted by molar-refractivity contribution is 6.47. The van der Waals surface area contributed by atoms with Crippen molar-refractivity contribution in [1.29, 1.82) is 0 Å². The van der Waals surface area contributed by atoms with Gasteiger partial charge in [0, 0.05) is 12.6 Å². The maximum Gasteiger partial charge on any atom is 0.379 e. The van der Waals surface area contributed by atoms with E-state index in [-0.39, 0.29) is 0 Å². The average Bonchev–Trinajstić information content (AvgIpc) is 2.35. The first-order valence-corrected chi connectivity index (χ1v) is 3.75. The maximum absolute atomic E-state index is 5.45. The molecule has 2 fully saturated rings. The Hall–Kier alpha value is -0.0151. The van der Waals surface area contributed by atoms with Crippen molar-refractivity contribution in [3.05, 3.63) is 0 Å². The van der Waals surface area contributed by atoms with E-state index in [0.29, 0.717) is 7.05 Å². The van der Waals surface area contributed by atoms with Crippen LogP contribution in [0.3, 0.4) is 0 Å². The molecular formula is C6H12BNO. The maximum atomic E-state index is 5.45. The predicted molar refractivity (Wildman–Crippen MR) is 37.3 cm³/mol. The quantitative estimate of drug-likeness (QED) is 0.439. The number of nitrogens with zero attached hydrogens (tertiary/aromatic N) is 1. The van der Waals surface area contributed by atoms with E-state index in [2.05, 4.69) is 11.6 Å². The van der Waals surface area contributed by atoms with Crippen LogP contribution < -0.4 is 0 Å². The molecule has 0 amide bonds. The summed E-state index contributed by atoms with van der Waals surface area (Å²) in [6.45, 7) is 4.37. The van der Waals surface area contributed by atoms with Crippen LogP contribution in [-0.2, 0) is 4.65 Å². The van der Waals surface area contributed by atoms with Crippen molar-refractivity contribution < 1.29 is 4.65 Å². The molecule has 2 rings (SSSR count). The third kappa shape index (κ3) is 0.794. The lowest BCUT2D eigenvalue weighted by Gasteiger charge is -2.13. The smallest absolute Gasteiger partial charge is 0.379 e. The molecule has 0 aromatic rings. The zero-order chi connectivity index (χ0) is 6.27. The van der Waals surface area contributed by atoms with Gasteiger partial charge in [-0.25, -0.2) is 0 Å². The van der Waals surface area contributed by atoms with E-state index in [1.54, 1.807) is 0 Å². The van der Waals surface area contributed by atoms with Crippen molar-refractivity contribution >= 4 is 7.05 Å². The fourth-order valence-electron chi connectivity index (χ4n) is 1.86. The molecule has 0 saturated carbocycles. The highest BCUT2D eigenvalue weighted by Gasteiger charge is 2.37. The van der Waals surface area contributed by atoms with E-state index in [0.717, 1.165) is 12.6 Å². The minimum Gasteiger partial charge on any atom is -0.420 e. The molecule has 0 bridgehead atoms. The molecule has 0 spiro atoms. The van der Waals surface area contributed by atoms with E-state index >= 15 is 0 Å². The lowest BCUT2D eigenvalue weighted by atomic mass is 9.86. The molecule has 1 atom stereocenters. The summed E-state index contributed by atoms with van der Waals surface area (Å²) in [5, 5.41) is 0. The summed E-state index contributed by atoms with van der Waals surface area (Å²) >= 11 is 0. The first-order chi connectivity index (χ1) is 4.38. The SMILES string of the molecule is CB1OCC2CCCN12. The first-order valence-electron chi connectivity index (χ1n) is 3.75. The van der Waals surface area contributed by atoms with Crippen LogP contribution in [0.2, 0.25) is 6.82 Å². The largest absolute Gasteiger partial charge is 0.420 e. The molecule has 2 nitrogen and oxygen atoms in total. The molecular weight excluding hydrogens is 113 g/mol. The molecule has 3 heteroatoms. The monoisotopic (exact) mass is 125 g/mol. The standard InChI is InChI=1S/C6H12BNO/c1-7-8-4-2-3-6(8)5-9-7/h6H,2-5H2,1H3. The van der Waals surface area contributed by atoms with Gasteiger partial charge >= 0.3 is 7.05 Å². The minimum absolute atomic E-state index is 0.400. The number of hydrogen-bond acceptors (Lipinski definition) is 2. The summed E-state index contributed by atoms with van der Waals surface area (Å²) in [6, 6.07) is 0.764. The fraction of sp³-hybridized carbons (Fsp3) is 1.00. The van der Waals surface area contributed by atoms with Gasteiger partial charge in [0.25, 0.3) is 0 Å². The predicted octanol–water partition coefficient (Wildman–Crippen LogP) is 0.599. The highest BCUT2D eigenvalue weighted by Crippen LogP contribution is 2.24. The Morgan fingerprint density at radius 3 is 3.33 bits per heavy atom. The summed E-state index contributed by atoms with van der Waals surface area (Å²) in [7, 11) is 0.400. The van der Waals surface area contributed by atoms with Crippen molar-refractivity contribution in [2.24, 2.45) is 0 Å². The number of fused-ring (bicyclic) bond motifs is 1. The Morgan fingerprint density at radius 1 is 1.67 bits per heavy atom. The first kappa shape index (κ1) is 5.75. The van der Waals surface area contributed by atoms with Gasteiger partial charge in [0.15, 0.2) is 0 Å². The van der Waals surface area contributed by atoms with Gasteiger partial charge in [-0.2, -0.15) is 0 Å². The van der Waals surface area contributed by atoms with E-state index in [1.807, 2.05) is 0 Å². The molecule has 0 aliphatic carbocycles. The molecule has 2 aliphatic rings. The average molecular weight is 125 g/mol. The van der Waals surface area contributed by atoms with Crippen molar-refractivity contribution in [1.82, 2.24) is 4.81 Å². The van der Waals surface area contributed by atoms with E-state index in [9.17, 15) is 0 Å². The molecule has 50 valence electrons. The second kappa shape index (κ2) is 1.99.